The molecule has 0 atom stereocenters. The van der Waals surface area contributed by atoms with Gasteiger partial charge in [0.25, 0.3) is 0 Å². The van der Waals surface area contributed by atoms with E-state index < -0.39 is 11.9 Å². The smallest absolute Gasteiger partial charge is 0.493 e. The molecule has 0 heterocycles. The monoisotopic (exact) mass is 370 g/mol. The Morgan fingerprint density at radius 2 is 1.70 bits per heavy atom. The highest BCUT2D eigenvalue weighted by Crippen LogP contribution is 2.30. The van der Waals surface area contributed by atoms with Crippen LogP contribution in [0.2, 0.25) is 0 Å². The third-order valence-electron chi connectivity index (χ3n) is 3.32. The van der Waals surface area contributed by atoms with Gasteiger partial charge in [0.2, 0.25) is 5.78 Å². The first-order valence-corrected chi connectivity index (χ1v) is 7.80. The van der Waals surface area contributed by atoms with Gasteiger partial charge in [-0.3, -0.25) is 4.79 Å². The van der Waals surface area contributed by atoms with Crippen LogP contribution in [0.1, 0.15) is 15.9 Å². The van der Waals surface area contributed by atoms with E-state index >= 15 is 0 Å². The molecule has 0 aromatic heterocycles. The SMILES string of the molecule is COCOc1c(C#CC(=O)c2ccccc2OC(=O)OC)cccc1OC. The molecule has 140 valence electrons. The molecule has 0 aliphatic carbocycles. The minimum atomic E-state index is -0.925. The Kier molecular flexibility index (Phi) is 7.23. The van der Waals surface area contributed by atoms with E-state index in [1.807, 2.05) is 0 Å². The molecule has 2 rings (SSSR count). The first-order valence-electron chi connectivity index (χ1n) is 7.80. The zero-order valence-electron chi connectivity index (χ0n) is 15.1. The van der Waals surface area contributed by atoms with Gasteiger partial charge in [0.15, 0.2) is 18.3 Å². The maximum atomic E-state index is 12.5. The molecule has 0 aliphatic rings. The van der Waals surface area contributed by atoms with Gasteiger partial charge in [0.05, 0.1) is 25.3 Å². The second-order valence-electron chi connectivity index (χ2n) is 5.02. The quantitative estimate of drug-likeness (QED) is 0.254. The largest absolute Gasteiger partial charge is 0.513 e. The minimum absolute atomic E-state index is 0.00119. The molecule has 0 spiro atoms. The van der Waals surface area contributed by atoms with Gasteiger partial charge in [0.1, 0.15) is 5.75 Å². The molecule has 0 aliphatic heterocycles. The predicted octanol–water partition coefficient (Wildman–Crippen LogP) is 3.06. The lowest BCUT2D eigenvalue weighted by molar-refractivity contribution is 0.0489. The molecule has 0 radical (unpaired) electrons. The van der Waals surface area contributed by atoms with Crippen molar-refractivity contribution in [1.82, 2.24) is 0 Å². The first kappa shape index (κ1) is 19.8. The van der Waals surface area contributed by atoms with E-state index in [0.29, 0.717) is 17.1 Å². The summed E-state index contributed by atoms with van der Waals surface area (Å²) in [5.74, 6) is 5.62. The fourth-order valence-electron chi connectivity index (χ4n) is 2.11. The number of carbonyl (C=O) groups excluding carboxylic acids is 2. The standard InChI is InChI=1S/C20H18O7/c1-23-13-26-19-14(7-6-10-18(19)24-2)11-12-16(21)15-8-4-5-9-17(15)27-20(22)25-3/h4-10H,13H2,1-3H3. The maximum absolute atomic E-state index is 12.5. The van der Waals surface area contributed by atoms with Crippen molar-refractivity contribution in [2.24, 2.45) is 0 Å². The molecule has 2 aromatic rings. The van der Waals surface area contributed by atoms with Gasteiger partial charge in [-0.2, -0.15) is 0 Å². The highest BCUT2D eigenvalue weighted by molar-refractivity contribution is 6.11. The van der Waals surface area contributed by atoms with Crippen LogP contribution in [-0.2, 0) is 9.47 Å². The Balaban J connectivity index is 2.33. The predicted molar refractivity (Wildman–Crippen MR) is 96.2 cm³/mol. The highest BCUT2D eigenvalue weighted by atomic mass is 16.7. The molecular formula is C20H18O7. The third kappa shape index (κ3) is 5.23. The first-order chi connectivity index (χ1) is 13.1. The third-order valence-corrected chi connectivity index (χ3v) is 3.32. The summed E-state index contributed by atoms with van der Waals surface area (Å²) in [6.45, 7) is -0.00119. The summed E-state index contributed by atoms with van der Waals surface area (Å²) < 4.78 is 25.1. The van der Waals surface area contributed by atoms with Crippen LogP contribution in [0.5, 0.6) is 17.2 Å². The van der Waals surface area contributed by atoms with Gasteiger partial charge in [0, 0.05) is 7.11 Å². The Morgan fingerprint density at radius 3 is 2.41 bits per heavy atom. The van der Waals surface area contributed by atoms with Crippen molar-refractivity contribution in [1.29, 1.82) is 0 Å². The van der Waals surface area contributed by atoms with Crippen molar-refractivity contribution in [3.63, 3.8) is 0 Å². The second-order valence-corrected chi connectivity index (χ2v) is 5.02. The molecule has 0 N–H and O–H groups in total. The van der Waals surface area contributed by atoms with Crippen LogP contribution < -0.4 is 14.2 Å². The van der Waals surface area contributed by atoms with Crippen LogP contribution in [0.3, 0.4) is 0 Å². The summed E-state index contributed by atoms with van der Waals surface area (Å²) in [6.07, 6.45) is -0.925. The molecule has 7 heteroatoms. The lowest BCUT2D eigenvalue weighted by atomic mass is 10.1. The van der Waals surface area contributed by atoms with Crippen LogP contribution >= 0.6 is 0 Å². The van der Waals surface area contributed by atoms with Gasteiger partial charge in [-0.25, -0.2) is 4.79 Å². The van der Waals surface area contributed by atoms with Crippen molar-refractivity contribution in [2.45, 2.75) is 0 Å². The molecule has 0 saturated heterocycles. The summed E-state index contributed by atoms with van der Waals surface area (Å²) >= 11 is 0. The molecule has 0 amide bonds. The van der Waals surface area contributed by atoms with E-state index in [1.54, 1.807) is 30.3 Å². The van der Waals surface area contributed by atoms with Crippen LogP contribution in [0.15, 0.2) is 42.5 Å². The number of hydrogen-bond acceptors (Lipinski definition) is 7. The minimum Gasteiger partial charge on any atom is -0.493 e. The number of para-hydroxylation sites is 2. The Morgan fingerprint density at radius 1 is 0.963 bits per heavy atom. The summed E-state index contributed by atoms with van der Waals surface area (Å²) in [5.41, 5.74) is 0.587. The van der Waals surface area contributed by atoms with Crippen molar-refractivity contribution in [3.8, 4) is 29.1 Å². The average molecular weight is 370 g/mol. The second kappa shape index (κ2) is 9.85. The Bertz CT molecular complexity index is 877. The molecule has 7 nitrogen and oxygen atoms in total. The number of Topliss-reactive ketones (excluding diaryl/α,β-unsaturated/α-hetero) is 1. The topological polar surface area (TPSA) is 80.3 Å². The fraction of sp³-hybridized carbons (Fsp3) is 0.200. The lowest BCUT2D eigenvalue weighted by Crippen LogP contribution is -2.10. The van der Waals surface area contributed by atoms with Gasteiger partial charge in [-0.1, -0.05) is 24.1 Å². The van der Waals surface area contributed by atoms with Crippen LogP contribution in [0.25, 0.3) is 0 Å². The van der Waals surface area contributed by atoms with Crippen molar-refractivity contribution in [2.75, 3.05) is 28.1 Å². The van der Waals surface area contributed by atoms with Crippen LogP contribution in [0, 0.1) is 11.8 Å². The molecule has 27 heavy (non-hydrogen) atoms. The van der Waals surface area contributed by atoms with E-state index in [9.17, 15) is 9.59 Å². The number of ketones is 1. The number of ether oxygens (including phenoxy) is 5. The molecule has 0 unspecified atom stereocenters. The Labute approximate surface area is 156 Å². The van der Waals surface area contributed by atoms with Crippen molar-refractivity contribution >= 4 is 11.9 Å². The van der Waals surface area contributed by atoms with Gasteiger partial charge in [-0.15, -0.1) is 0 Å². The van der Waals surface area contributed by atoms with Gasteiger partial charge < -0.3 is 23.7 Å². The maximum Gasteiger partial charge on any atom is 0.513 e. The van der Waals surface area contributed by atoms with Gasteiger partial charge >= 0.3 is 6.16 Å². The van der Waals surface area contributed by atoms with E-state index in [-0.39, 0.29) is 18.1 Å². The zero-order valence-corrected chi connectivity index (χ0v) is 15.1. The fourth-order valence-corrected chi connectivity index (χ4v) is 2.11. The molecule has 0 bridgehead atoms. The molecule has 0 saturated carbocycles. The number of methoxy groups -OCH3 is 3. The summed E-state index contributed by atoms with van der Waals surface area (Å²) in [6, 6.07) is 11.4. The summed E-state index contributed by atoms with van der Waals surface area (Å²) in [4.78, 5) is 23.8. The highest BCUT2D eigenvalue weighted by Gasteiger charge is 2.14. The zero-order chi connectivity index (χ0) is 19.6. The molecule has 2 aromatic carbocycles. The lowest BCUT2D eigenvalue weighted by Gasteiger charge is -2.11. The van der Waals surface area contributed by atoms with E-state index in [2.05, 4.69) is 16.6 Å². The van der Waals surface area contributed by atoms with E-state index in [0.717, 1.165) is 0 Å². The molecular weight excluding hydrogens is 352 g/mol. The number of benzene rings is 2. The normalized spacial score (nSPS) is 9.59. The number of carbonyl (C=O) groups is 2. The van der Waals surface area contributed by atoms with Crippen LogP contribution in [-0.4, -0.2) is 40.1 Å². The van der Waals surface area contributed by atoms with Crippen LogP contribution in [0.4, 0.5) is 4.79 Å². The summed E-state index contributed by atoms with van der Waals surface area (Å²) in [7, 11) is 4.16. The van der Waals surface area contributed by atoms with E-state index in [1.165, 1.54) is 33.5 Å². The van der Waals surface area contributed by atoms with E-state index in [4.69, 9.17) is 18.9 Å². The Hall–Kier alpha value is -3.50. The van der Waals surface area contributed by atoms with Crippen molar-refractivity contribution in [3.05, 3.63) is 53.6 Å². The van der Waals surface area contributed by atoms with Gasteiger partial charge in [-0.05, 0) is 30.2 Å². The number of rotatable bonds is 6. The average Bonchev–Trinajstić information content (AvgIpc) is 2.70. The van der Waals surface area contributed by atoms with Crippen molar-refractivity contribution < 1.29 is 33.3 Å². The molecule has 0 fully saturated rings. The summed E-state index contributed by atoms with van der Waals surface area (Å²) in [5, 5.41) is 0. The number of hydrogen-bond donors (Lipinski definition) is 0.